The highest BCUT2D eigenvalue weighted by Gasteiger charge is 2.22. The van der Waals surface area contributed by atoms with Crippen LogP contribution >= 0.6 is 0 Å². The van der Waals surface area contributed by atoms with Crippen LogP contribution in [0.3, 0.4) is 0 Å². The van der Waals surface area contributed by atoms with Crippen molar-refractivity contribution in [2.75, 3.05) is 40.3 Å². The van der Waals surface area contributed by atoms with Gasteiger partial charge in [-0.25, -0.2) is 0 Å². The van der Waals surface area contributed by atoms with E-state index in [1.807, 2.05) is 0 Å². The molecule has 1 rings (SSSR count). The molecular weight excluding hydrogens is 222 g/mol. The molecule has 1 saturated heterocycles. The Morgan fingerprint density at radius 2 is 2.11 bits per heavy atom. The van der Waals surface area contributed by atoms with E-state index in [1.54, 1.807) is 0 Å². The van der Waals surface area contributed by atoms with Gasteiger partial charge in [0, 0.05) is 12.6 Å². The van der Waals surface area contributed by atoms with Gasteiger partial charge in [-0.05, 0) is 71.2 Å². The van der Waals surface area contributed by atoms with Gasteiger partial charge < -0.3 is 15.5 Å². The van der Waals surface area contributed by atoms with Crippen LogP contribution in [0, 0.1) is 11.8 Å². The number of hydrogen-bond acceptors (Lipinski definition) is 3. The molecule has 0 saturated carbocycles. The van der Waals surface area contributed by atoms with Crippen molar-refractivity contribution in [3.05, 3.63) is 0 Å². The summed E-state index contributed by atoms with van der Waals surface area (Å²) in [5.74, 6) is 1.47. The molecule has 0 aromatic heterocycles. The second-order valence-electron chi connectivity index (χ2n) is 6.56. The molecule has 0 aromatic carbocycles. The van der Waals surface area contributed by atoms with Crippen LogP contribution in [0.15, 0.2) is 0 Å². The van der Waals surface area contributed by atoms with Crippen molar-refractivity contribution >= 4 is 0 Å². The largest absolute Gasteiger partial charge is 0.330 e. The second kappa shape index (κ2) is 8.13. The summed E-state index contributed by atoms with van der Waals surface area (Å²) in [6, 6.07) is 0.774. The Balaban J connectivity index is 2.20. The molecule has 3 nitrogen and oxygen atoms in total. The molecule has 2 unspecified atom stereocenters. The Bertz CT molecular complexity index is 218. The Morgan fingerprint density at radius 3 is 2.61 bits per heavy atom. The first-order valence-electron chi connectivity index (χ1n) is 7.61. The van der Waals surface area contributed by atoms with Gasteiger partial charge >= 0.3 is 0 Å². The summed E-state index contributed by atoms with van der Waals surface area (Å²) in [7, 11) is 4.52. The Kier molecular flexibility index (Phi) is 7.20. The monoisotopic (exact) mass is 255 g/mol. The number of rotatable bonds is 8. The van der Waals surface area contributed by atoms with Crippen molar-refractivity contribution in [1.29, 1.82) is 0 Å². The van der Waals surface area contributed by atoms with Crippen LogP contribution in [0.5, 0.6) is 0 Å². The molecule has 1 aliphatic rings. The van der Waals surface area contributed by atoms with E-state index in [1.165, 1.54) is 45.3 Å². The highest BCUT2D eigenvalue weighted by molar-refractivity contribution is 4.79. The third-order valence-corrected chi connectivity index (χ3v) is 4.25. The molecule has 108 valence electrons. The lowest BCUT2D eigenvalue weighted by atomic mass is 9.94. The van der Waals surface area contributed by atoms with E-state index < -0.39 is 0 Å². The molecule has 1 fully saturated rings. The molecule has 0 spiro atoms. The standard InChI is InChI=1S/C15H33N3/c1-13(2)10-14(11-16)7-9-17(3)12-15-6-5-8-18(15)4/h13-15H,5-12,16H2,1-4H3. The fourth-order valence-corrected chi connectivity index (χ4v) is 3.06. The fraction of sp³-hybridized carbons (Fsp3) is 1.00. The van der Waals surface area contributed by atoms with E-state index in [0.29, 0.717) is 5.92 Å². The van der Waals surface area contributed by atoms with Crippen molar-refractivity contribution in [3.63, 3.8) is 0 Å². The van der Waals surface area contributed by atoms with Gasteiger partial charge in [0.15, 0.2) is 0 Å². The maximum absolute atomic E-state index is 5.87. The first-order chi connectivity index (χ1) is 8.52. The zero-order valence-electron chi connectivity index (χ0n) is 12.9. The molecule has 0 amide bonds. The predicted molar refractivity (Wildman–Crippen MR) is 79.8 cm³/mol. The van der Waals surface area contributed by atoms with Gasteiger partial charge in [-0.2, -0.15) is 0 Å². The maximum Gasteiger partial charge on any atom is 0.0220 e. The van der Waals surface area contributed by atoms with Crippen LogP contribution in [-0.4, -0.2) is 56.1 Å². The van der Waals surface area contributed by atoms with Gasteiger partial charge in [0.2, 0.25) is 0 Å². The first-order valence-corrected chi connectivity index (χ1v) is 7.61. The first kappa shape index (κ1) is 15.9. The Labute approximate surface area is 114 Å². The topological polar surface area (TPSA) is 32.5 Å². The minimum atomic E-state index is 0.703. The van der Waals surface area contributed by atoms with Crippen LogP contribution in [-0.2, 0) is 0 Å². The molecule has 1 aliphatic heterocycles. The van der Waals surface area contributed by atoms with Crippen LogP contribution in [0.4, 0.5) is 0 Å². The van der Waals surface area contributed by atoms with Crippen molar-refractivity contribution in [2.24, 2.45) is 17.6 Å². The zero-order chi connectivity index (χ0) is 13.5. The lowest BCUT2D eigenvalue weighted by molar-refractivity contribution is 0.208. The van der Waals surface area contributed by atoms with E-state index in [0.717, 1.165) is 18.5 Å². The van der Waals surface area contributed by atoms with Crippen molar-refractivity contribution < 1.29 is 0 Å². The molecule has 1 heterocycles. The predicted octanol–water partition coefficient (Wildman–Crippen LogP) is 2.02. The lowest BCUT2D eigenvalue weighted by Gasteiger charge is -2.27. The fourth-order valence-electron chi connectivity index (χ4n) is 3.06. The average molecular weight is 255 g/mol. The summed E-state index contributed by atoms with van der Waals surface area (Å²) < 4.78 is 0. The number of likely N-dealkylation sites (N-methyl/N-ethyl adjacent to an activating group) is 2. The molecule has 0 aromatic rings. The lowest BCUT2D eigenvalue weighted by Crippen LogP contribution is -2.37. The summed E-state index contributed by atoms with van der Waals surface area (Å²) in [6.45, 7) is 9.11. The van der Waals surface area contributed by atoms with E-state index in [2.05, 4.69) is 37.7 Å². The summed E-state index contributed by atoms with van der Waals surface area (Å²) in [4.78, 5) is 5.00. The van der Waals surface area contributed by atoms with Crippen molar-refractivity contribution in [2.45, 2.75) is 45.6 Å². The van der Waals surface area contributed by atoms with Gasteiger partial charge in [-0.3, -0.25) is 0 Å². The molecule has 0 radical (unpaired) electrons. The number of hydrogen-bond donors (Lipinski definition) is 1. The molecule has 3 heteroatoms. The van der Waals surface area contributed by atoms with Crippen LogP contribution in [0.25, 0.3) is 0 Å². The van der Waals surface area contributed by atoms with Crippen LogP contribution in [0.1, 0.15) is 39.5 Å². The Morgan fingerprint density at radius 1 is 1.39 bits per heavy atom. The van der Waals surface area contributed by atoms with Gasteiger partial charge in [0.1, 0.15) is 0 Å². The van der Waals surface area contributed by atoms with Gasteiger partial charge in [0.25, 0.3) is 0 Å². The molecule has 2 N–H and O–H groups in total. The van der Waals surface area contributed by atoms with E-state index in [9.17, 15) is 0 Å². The number of nitrogens with two attached hydrogens (primary N) is 1. The maximum atomic E-state index is 5.87. The summed E-state index contributed by atoms with van der Waals surface area (Å²) in [5.41, 5.74) is 5.87. The van der Waals surface area contributed by atoms with Gasteiger partial charge in [-0.15, -0.1) is 0 Å². The van der Waals surface area contributed by atoms with E-state index in [-0.39, 0.29) is 0 Å². The molecule has 2 atom stereocenters. The van der Waals surface area contributed by atoms with Crippen LogP contribution in [0.2, 0.25) is 0 Å². The zero-order valence-corrected chi connectivity index (χ0v) is 12.9. The highest BCUT2D eigenvalue weighted by atomic mass is 15.2. The molecular formula is C15H33N3. The van der Waals surface area contributed by atoms with Gasteiger partial charge in [0.05, 0.1) is 0 Å². The van der Waals surface area contributed by atoms with Crippen molar-refractivity contribution in [3.8, 4) is 0 Å². The normalized spacial score (nSPS) is 23.2. The van der Waals surface area contributed by atoms with Crippen LogP contribution < -0.4 is 5.73 Å². The number of nitrogens with zero attached hydrogens (tertiary/aromatic N) is 2. The smallest absolute Gasteiger partial charge is 0.0220 e. The quantitative estimate of drug-likeness (QED) is 0.720. The van der Waals surface area contributed by atoms with Crippen molar-refractivity contribution in [1.82, 2.24) is 9.80 Å². The minimum Gasteiger partial charge on any atom is -0.330 e. The number of likely N-dealkylation sites (tertiary alicyclic amines) is 1. The third-order valence-electron chi connectivity index (χ3n) is 4.25. The summed E-state index contributed by atoms with van der Waals surface area (Å²) in [5, 5.41) is 0. The average Bonchev–Trinajstić information content (AvgIpc) is 2.70. The van der Waals surface area contributed by atoms with E-state index in [4.69, 9.17) is 5.73 Å². The summed E-state index contributed by atoms with van der Waals surface area (Å²) in [6.07, 6.45) is 5.26. The molecule has 0 aliphatic carbocycles. The SMILES string of the molecule is CC(C)CC(CN)CCN(C)CC1CCCN1C. The van der Waals surface area contributed by atoms with E-state index >= 15 is 0 Å². The summed E-state index contributed by atoms with van der Waals surface area (Å²) >= 11 is 0. The third kappa shape index (κ3) is 5.68. The molecule has 0 bridgehead atoms. The Hall–Kier alpha value is -0.120. The van der Waals surface area contributed by atoms with Gasteiger partial charge in [-0.1, -0.05) is 13.8 Å². The molecule has 18 heavy (non-hydrogen) atoms. The second-order valence-corrected chi connectivity index (χ2v) is 6.56. The minimum absolute atomic E-state index is 0.703. The highest BCUT2D eigenvalue weighted by Crippen LogP contribution is 2.17.